The summed E-state index contributed by atoms with van der Waals surface area (Å²) in [5, 5.41) is 2.97. The molecule has 0 bridgehead atoms. The molecule has 3 heterocycles. The first-order valence-electron chi connectivity index (χ1n) is 10.2. The number of sulfone groups is 1. The first-order valence-corrected chi connectivity index (χ1v) is 13.5. The Morgan fingerprint density at radius 2 is 1.84 bits per heavy atom. The molecule has 2 atom stereocenters. The fraction of sp³-hybridized carbons (Fsp3) is 0.632. The normalized spacial score (nSPS) is 25.6. The highest BCUT2D eigenvalue weighted by molar-refractivity contribution is 7.91. The second-order valence-corrected chi connectivity index (χ2v) is 12.3. The van der Waals surface area contributed by atoms with Crippen molar-refractivity contribution in [2.24, 2.45) is 0 Å². The molecule has 2 saturated heterocycles. The van der Waals surface area contributed by atoms with E-state index in [1.807, 2.05) is 0 Å². The Bertz CT molecular complexity index is 1070. The largest absolute Gasteiger partial charge is 0.486 e. The Balaban J connectivity index is 1.61. The molecule has 2 fully saturated rings. The molecule has 172 valence electrons. The molecule has 31 heavy (non-hydrogen) atoms. The first kappa shape index (κ1) is 22.3. The minimum Gasteiger partial charge on any atom is -0.486 e. The highest BCUT2D eigenvalue weighted by Gasteiger charge is 2.45. The molecular weight excluding hydrogens is 446 g/mol. The Morgan fingerprint density at radius 1 is 1.13 bits per heavy atom. The van der Waals surface area contributed by atoms with Crippen LogP contribution < -0.4 is 9.47 Å². The lowest BCUT2D eigenvalue weighted by molar-refractivity contribution is -0.152. The average molecular weight is 474 g/mol. The zero-order valence-corrected chi connectivity index (χ0v) is 19.2. The number of amides is 1. The van der Waals surface area contributed by atoms with Crippen LogP contribution in [0.15, 0.2) is 23.1 Å². The molecule has 0 radical (unpaired) electrons. The van der Waals surface area contributed by atoms with Gasteiger partial charge in [-0.25, -0.2) is 21.8 Å². The highest BCUT2D eigenvalue weighted by Crippen LogP contribution is 2.35. The van der Waals surface area contributed by atoms with Crippen LogP contribution >= 0.6 is 0 Å². The molecule has 3 aliphatic rings. The van der Waals surface area contributed by atoms with Gasteiger partial charge in [-0.3, -0.25) is 9.80 Å². The fourth-order valence-corrected chi connectivity index (χ4v) is 7.78. The van der Waals surface area contributed by atoms with Crippen LogP contribution in [0.2, 0.25) is 0 Å². The molecule has 0 aromatic heterocycles. The van der Waals surface area contributed by atoms with Gasteiger partial charge < -0.3 is 9.47 Å². The topological polar surface area (TPSA) is 114 Å². The van der Waals surface area contributed by atoms with Gasteiger partial charge >= 0.3 is 0 Å². The number of nitrogens with zero attached hydrogens (tertiary/aromatic N) is 3. The maximum absolute atomic E-state index is 13.4. The molecular formula is C19H27N3O7S2. The van der Waals surface area contributed by atoms with Crippen LogP contribution in [-0.2, 0) is 24.7 Å². The summed E-state index contributed by atoms with van der Waals surface area (Å²) in [7, 11) is -3.83. The summed E-state index contributed by atoms with van der Waals surface area (Å²) in [5.41, 5.74) is 0. The van der Waals surface area contributed by atoms with Gasteiger partial charge in [0.2, 0.25) is 10.0 Å². The summed E-state index contributed by atoms with van der Waals surface area (Å²) in [6.45, 7) is 0.958. The van der Waals surface area contributed by atoms with Crippen molar-refractivity contribution in [1.29, 1.82) is 0 Å². The van der Waals surface area contributed by atoms with Gasteiger partial charge in [-0.2, -0.15) is 4.31 Å². The number of hydrogen-bond donors (Lipinski definition) is 0. The van der Waals surface area contributed by atoms with Crippen LogP contribution in [0.25, 0.3) is 0 Å². The predicted molar refractivity (Wildman–Crippen MR) is 112 cm³/mol. The quantitative estimate of drug-likeness (QED) is 0.554. The number of carbonyl (C=O) groups is 1. The molecule has 4 rings (SSSR count). The molecule has 0 N–H and O–H groups in total. The molecule has 12 heteroatoms. The van der Waals surface area contributed by atoms with Crippen molar-refractivity contribution in [3.63, 3.8) is 0 Å². The molecule has 10 nitrogen and oxygen atoms in total. The number of carbonyl (C=O) groups excluding carboxylic acids is 1. The minimum absolute atomic E-state index is 0.0269. The van der Waals surface area contributed by atoms with E-state index in [4.69, 9.17) is 9.47 Å². The number of ether oxygens (including phenoxy) is 2. The molecule has 0 spiro atoms. The zero-order chi connectivity index (χ0) is 22.4. The van der Waals surface area contributed by atoms with E-state index in [0.29, 0.717) is 44.0 Å². The van der Waals surface area contributed by atoms with Gasteiger partial charge in [-0.1, -0.05) is 0 Å². The monoisotopic (exact) mass is 473 g/mol. The van der Waals surface area contributed by atoms with Crippen LogP contribution in [0.3, 0.4) is 0 Å². The fourth-order valence-electron chi connectivity index (χ4n) is 4.42. The lowest BCUT2D eigenvalue weighted by atomic mass is 10.1. The average Bonchev–Trinajstić information content (AvgIpc) is 3.34. The third-order valence-electron chi connectivity index (χ3n) is 5.82. The lowest BCUT2D eigenvalue weighted by Crippen LogP contribution is -2.56. The van der Waals surface area contributed by atoms with Crippen LogP contribution in [0.4, 0.5) is 0 Å². The van der Waals surface area contributed by atoms with Gasteiger partial charge in [0, 0.05) is 26.7 Å². The Hall–Kier alpha value is -1.89. The Kier molecular flexibility index (Phi) is 5.92. The lowest BCUT2D eigenvalue weighted by Gasteiger charge is -2.37. The Morgan fingerprint density at radius 3 is 2.48 bits per heavy atom. The summed E-state index contributed by atoms with van der Waals surface area (Å²) in [6.07, 6.45) is 1.27. The molecule has 3 aliphatic heterocycles. The summed E-state index contributed by atoms with van der Waals surface area (Å²) >= 11 is 0. The number of rotatable bonds is 5. The van der Waals surface area contributed by atoms with Gasteiger partial charge in [-0.05, 0) is 31.4 Å². The van der Waals surface area contributed by atoms with Crippen LogP contribution in [-0.4, -0.2) is 94.5 Å². The maximum Gasteiger partial charge on any atom is 0.255 e. The maximum atomic E-state index is 13.4. The van der Waals surface area contributed by atoms with E-state index in [2.05, 4.69) is 0 Å². The van der Waals surface area contributed by atoms with Crippen molar-refractivity contribution in [3.8, 4) is 11.5 Å². The van der Waals surface area contributed by atoms with Crippen molar-refractivity contribution in [1.82, 2.24) is 14.3 Å². The number of hydrogen-bond acceptors (Lipinski definition) is 8. The smallest absolute Gasteiger partial charge is 0.255 e. The van der Waals surface area contributed by atoms with Crippen LogP contribution in [0, 0.1) is 0 Å². The van der Waals surface area contributed by atoms with Crippen LogP contribution in [0.1, 0.15) is 19.3 Å². The minimum atomic E-state index is -3.96. The molecule has 0 saturated carbocycles. The SMILES string of the molecule is CN(C)N(C(=O)[C@@H]1CCCN1S(=O)(=O)c1ccc2c(c1)OCCO2)[C@@H]1CCS(=O)(=O)C1. The standard InChI is InChI=1S/C19H27N3O7S2/c1-20(2)22(14-7-11-30(24,25)13-14)19(23)16-4-3-8-21(16)31(26,27)15-5-6-17-18(12-15)29-10-9-28-17/h5-6,12,14,16H,3-4,7-11,13H2,1-2H3/t14-,16+/m1/s1. The summed E-state index contributed by atoms with van der Waals surface area (Å²) in [6, 6.07) is 3.06. The van der Waals surface area contributed by atoms with Crippen molar-refractivity contribution in [3.05, 3.63) is 18.2 Å². The van der Waals surface area contributed by atoms with Gasteiger partial charge in [0.15, 0.2) is 21.3 Å². The summed E-state index contributed by atoms with van der Waals surface area (Å²) in [4.78, 5) is 13.5. The molecule has 1 aromatic carbocycles. The predicted octanol–water partition coefficient (Wildman–Crippen LogP) is 0.103. The third kappa shape index (κ3) is 4.26. The second kappa shape index (κ2) is 8.23. The molecule has 0 aliphatic carbocycles. The summed E-state index contributed by atoms with van der Waals surface area (Å²) < 4.78 is 62.9. The van der Waals surface area contributed by atoms with Crippen LogP contribution in [0.5, 0.6) is 11.5 Å². The molecule has 1 amide bonds. The second-order valence-electron chi connectivity index (χ2n) is 8.17. The van der Waals surface area contributed by atoms with E-state index in [0.717, 1.165) is 0 Å². The van der Waals surface area contributed by atoms with Crippen molar-refractivity contribution in [2.75, 3.05) is 45.4 Å². The number of benzene rings is 1. The van der Waals surface area contributed by atoms with Gasteiger partial charge in [0.1, 0.15) is 19.3 Å². The summed E-state index contributed by atoms with van der Waals surface area (Å²) in [5.74, 6) is 0.365. The Labute approximate surface area is 182 Å². The number of hydrazine groups is 1. The molecule has 0 unspecified atom stereocenters. The zero-order valence-electron chi connectivity index (χ0n) is 17.6. The van der Waals surface area contributed by atoms with Gasteiger partial charge in [0.05, 0.1) is 22.4 Å². The van der Waals surface area contributed by atoms with E-state index < -0.39 is 37.9 Å². The van der Waals surface area contributed by atoms with E-state index in [9.17, 15) is 21.6 Å². The number of fused-ring (bicyclic) bond motifs is 1. The van der Waals surface area contributed by atoms with E-state index in [1.165, 1.54) is 21.4 Å². The van der Waals surface area contributed by atoms with Gasteiger partial charge in [-0.15, -0.1) is 0 Å². The molecule has 1 aromatic rings. The van der Waals surface area contributed by atoms with Gasteiger partial charge in [0.25, 0.3) is 5.91 Å². The third-order valence-corrected chi connectivity index (χ3v) is 9.47. The van der Waals surface area contributed by atoms with E-state index >= 15 is 0 Å². The first-order chi connectivity index (χ1) is 14.6. The highest BCUT2D eigenvalue weighted by atomic mass is 32.2. The van der Waals surface area contributed by atoms with E-state index in [-0.39, 0.29) is 22.9 Å². The van der Waals surface area contributed by atoms with Crippen molar-refractivity contribution in [2.45, 2.75) is 36.2 Å². The number of sulfonamides is 1. The van der Waals surface area contributed by atoms with Crippen molar-refractivity contribution < 1.29 is 31.1 Å². The van der Waals surface area contributed by atoms with Crippen molar-refractivity contribution >= 4 is 25.8 Å². The van der Waals surface area contributed by atoms with E-state index in [1.54, 1.807) is 25.2 Å².